The molecule has 43 heavy (non-hydrogen) atoms. The molecule has 0 aliphatic carbocycles. The lowest BCUT2D eigenvalue weighted by atomic mass is 9.97. The van der Waals surface area contributed by atoms with Gasteiger partial charge in [-0.25, -0.2) is 4.79 Å². The lowest BCUT2D eigenvalue weighted by Crippen LogP contribution is -2.54. The van der Waals surface area contributed by atoms with Crippen LogP contribution in [0.2, 0.25) is 0 Å². The van der Waals surface area contributed by atoms with Gasteiger partial charge in [-0.3, -0.25) is 19.3 Å². The van der Waals surface area contributed by atoms with E-state index in [1.165, 1.54) is 24.1 Å². The number of benzene rings is 1. The number of likely N-dealkylation sites (N-methyl/N-ethyl adjacent to an activating group) is 1. The maximum Gasteiger partial charge on any atom is 0.410 e. The maximum atomic E-state index is 12.7. The summed E-state index contributed by atoms with van der Waals surface area (Å²) in [6, 6.07) is 3.79. The smallest absolute Gasteiger partial charge is 0.410 e. The van der Waals surface area contributed by atoms with E-state index in [1.807, 2.05) is 13.8 Å². The van der Waals surface area contributed by atoms with Crippen LogP contribution in [0.4, 0.5) is 4.79 Å². The molecule has 0 bridgehead atoms. The Hall–Kier alpha value is -2.70. The van der Waals surface area contributed by atoms with Gasteiger partial charge in [0.15, 0.2) is 11.5 Å². The number of hydrogen-bond donors (Lipinski definition) is 3. The number of carbonyl (C=O) groups is 4. The molecule has 0 fully saturated rings. The fourth-order valence-corrected chi connectivity index (χ4v) is 3.08. The molecule has 0 spiro atoms. The molecule has 0 aliphatic rings. The minimum atomic E-state index is -1.02. The molecule has 1 aromatic carbocycles. The number of carbonyl (C=O) groups excluding carboxylic acids is 4. The summed E-state index contributed by atoms with van der Waals surface area (Å²) in [6.07, 6.45) is -1.62. The van der Waals surface area contributed by atoms with Crippen LogP contribution >= 0.6 is 17.0 Å². The van der Waals surface area contributed by atoms with Gasteiger partial charge < -0.3 is 30.0 Å². The Labute approximate surface area is 267 Å². The van der Waals surface area contributed by atoms with E-state index in [0.29, 0.717) is 5.56 Å². The van der Waals surface area contributed by atoms with Crippen molar-refractivity contribution in [1.82, 2.24) is 15.5 Å². The number of nitrogens with one attached hydrogen (secondary N) is 2. The Kier molecular flexibility index (Phi) is 14.4. The van der Waals surface area contributed by atoms with Gasteiger partial charge in [0, 0.05) is 25.7 Å². The SMILES string of the molecule is Br.CC(C(=O)NCC(C)(C)NCC(O)c1ccc(OC(=O)C(C)(C)C)c(OC(=O)C(C)(C)C)c1)N(C)C(=O)OC(C)(C)C. The first-order chi connectivity index (χ1) is 18.8. The van der Waals surface area contributed by atoms with Crippen LogP contribution in [0.15, 0.2) is 18.2 Å². The van der Waals surface area contributed by atoms with Crippen molar-refractivity contribution in [1.29, 1.82) is 0 Å². The molecule has 246 valence electrons. The Morgan fingerprint density at radius 2 is 1.35 bits per heavy atom. The Morgan fingerprint density at radius 1 is 0.860 bits per heavy atom. The van der Waals surface area contributed by atoms with E-state index < -0.39 is 52.1 Å². The van der Waals surface area contributed by atoms with Crippen molar-refractivity contribution in [3.05, 3.63) is 23.8 Å². The highest BCUT2D eigenvalue weighted by Gasteiger charge is 2.30. The Bertz CT molecular complexity index is 1130. The van der Waals surface area contributed by atoms with Crippen LogP contribution in [0.5, 0.6) is 11.5 Å². The van der Waals surface area contributed by atoms with Crippen molar-refractivity contribution in [3.63, 3.8) is 0 Å². The molecule has 0 aromatic heterocycles. The van der Waals surface area contributed by atoms with E-state index in [1.54, 1.807) is 75.3 Å². The number of aliphatic hydroxyl groups is 1. The number of β-amino-alcohol motifs (C(OH)–C–C–N with tert-alkyl or cyclic N) is 1. The van der Waals surface area contributed by atoms with Gasteiger partial charge in [0.2, 0.25) is 5.91 Å². The summed E-state index contributed by atoms with van der Waals surface area (Å²) >= 11 is 0. The molecule has 0 saturated carbocycles. The van der Waals surface area contributed by atoms with Crippen LogP contribution in [-0.4, -0.2) is 71.3 Å². The molecule has 12 heteroatoms. The van der Waals surface area contributed by atoms with E-state index in [2.05, 4.69) is 10.6 Å². The van der Waals surface area contributed by atoms with E-state index in [-0.39, 0.29) is 47.5 Å². The number of ether oxygens (including phenoxy) is 3. The van der Waals surface area contributed by atoms with E-state index in [0.717, 1.165) is 0 Å². The second-order valence-electron chi connectivity index (χ2n) is 14.3. The van der Waals surface area contributed by atoms with Gasteiger partial charge in [-0.05, 0) is 101 Å². The van der Waals surface area contributed by atoms with Crippen LogP contribution in [0, 0.1) is 10.8 Å². The molecule has 2 atom stereocenters. The molecule has 11 nitrogen and oxygen atoms in total. The third-order valence-corrected chi connectivity index (χ3v) is 6.10. The fraction of sp³-hybridized carbons (Fsp3) is 0.677. The summed E-state index contributed by atoms with van der Waals surface area (Å²) in [5.74, 6) is -1.28. The first-order valence-electron chi connectivity index (χ1n) is 14.1. The molecule has 1 rings (SSSR count). The summed E-state index contributed by atoms with van der Waals surface area (Å²) in [5.41, 5.74) is -2.47. The monoisotopic (exact) mass is 673 g/mol. The van der Waals surface area contributed by atoms with Crippen LogP contribution in [0.25, 0.3) is 0 Å². The molecule has 2 amide bonds. The molecule has 0 heterocycles. The lowest BCUT2D eigenvalue weighted by molar-refractivity contribution is -0.145. The number of amides is 2. The maximum absolute atomic E-state index is 12.7. The largest absolute Gasteiger partial charge is 0.444 e. The van der Waals surface area contributed by atoms with Gasteiger partial charge in [-0.2, -0.15) is 0 Å². The standard InChI is InChI=1S/C31H51N3O8.BrH/c1-19(34(13)27(39)42-30(8,9)10)24(36)32-18-31(11,12)33-17-21(35)20-14-15-22(40-25(37)28(2,3)4)23(16-20)41-26(38)29(5,6)7;/h14-16,19,21,33,35H,17-18H2,1-13H3,(H,32,36);1H. The van der Waals surface area contributed by atoms with E-state index in [9.17, 15) is 24.3 Å². The predicted octanol–water partition coefficient (Wildman–Crippen LogP) is 4.94. The van der Waals surface area contributed by atoms with Gasteiger partial charge in [0.05, 0.1) is 16.9 Å². The molecule has 0 aliphatic heterocycles. The minimum absolute atomic E-state index is 0. The third-order valence-electron chi connectivity index (χ3n) is 6.10. The molecule has 1 aromatic rings. The molecule has 0 radical (unpaired) electrons. The Balaban J connectivity index is 0.0000176. The highest BCUT2D eigenvalue weighted by Crippen LogP contribution is 2.34. The topological polar surface area (TPSA) is 144 Å². The van der Waals surface area contributed by atoms with Crippen LogP contribution in [0.3, 0.4) is 0 Å². The summed E-state index contributed by atoms with van der Waals surface area (Å²) in [4.78, 5) is 51.4. The number of esters is 2. The van der Waals surface area contributed by atoms with Gasteiger partial charge in [0.25, 0.3) is 0 Å². The molecule has 0 saturated heterocycles. The molecule has 2 unspecified atom stereocenters. The number of nitrogens with zero attached hydrogens (tertiary/aromatic N) is 1. The second kappa shape index (κ2) is 15.3. The van der Waals surface area contributed by atoms with Gasteiger partial charge in [0.1, 0.15) is 11.6 Å². The fourth-order valence-electron chi connectivity index (χ4n) is 3.08. The Morgan fingerprint density at radius 3 is 1.81 bits per heavy atom. The summed E-state index contributed by atoms with van der Waals surface area (Å²) < 4.78 is 16.4. The average molecular weight is 675 g/mol. The number of hydrogen-bond acceptors (Lipinski definition) is 9. The zero-order valence-electron chi connectivity index (χ0n) is 28.0. The van der Waals surface area contributed by atoms with Gasteiger partial charge >= 0.3 is 18.0 Å². The number of rotatable bonds is 10. The molecule has 3 N–H and O–H groups in total. The van der Waals surface area contributed by atoms with Crippen LogP contribution in [0.1, 0.15) is 94.8 Å². The van der Waals surface area contributed by atoms with Crippen molar-refractivity contribution in [2.75, 3.05) is 20.1 Å². The number of halogens is 1. The van der Waals surface area contributed by atoms with Crippen LogP contribution in [-0.2, 0) is 19.1 Å². The quantitative estimate of drug-likeness (QED) is 0.232. The van der Waals surface area contributed by atoms with Crippen LogP contribution < -0.4 is 20.1 Å². The highest BCUT2D eigenvalue weighted by atomic mass is 79.9. The molecular formula is C31H52BrN3O8. The van der Waals surface area contributed by atoms with Gasteiger partial charge in [-0.15, -0.1) is 17.0 Å². The van der Waals surface area contributed by atoms with Crippen molar-refractivity contribution >= 4 is 40.9 Å². The van der Waals surface area contributed by atoms with Crippen molar-refractivity contribution < 1.29 is 38.5 Å². The highest BCUT2D eigenvalue weighted by molar-refractivity contribution is 8.93. The first kappa shape index (κ1) is 40.3. The normalized spacial score (nSPS) is 13.6. The third kappa shape index (κ3) is 13.6. The number of aliphatic hydroxyl groups excluding tert-OH is 1. The predicted molar refractivity (Wildman–Crippen MR) is 170 cm³/mol. The summed E-state index contributed by atoms with van der Waals surface area (Å²) in [6.45, 7) is 21.1. The van der Waals surface area contributed by atoms with Crippen molar-refractivity contribution in [2.45, 2.75) is 106 Å². The lowest BCUT2D eigenvalue weighted by Gasteiger charge is -2.31. The zero-order chi connectivity index (χ0) is 32.8. The van der Waals surface area contributed by atoms with Crippen molar-refractivity contribution in [3.8, 4) is 11.5 Å². The molecular weight excluding hydrogens is 622 g/mol. The van der Waals surface area contributed by atoms with Crippen molar-refractivity contribution in [2.24, 2.45) is 10.8 Å². The van der Waals surface area contributed by atoms with E-state index in [4.69, 9.17) is 14.2 Å². The average Bonchev–Trinajstić information content (AvgIpc) is 2.83. The second-order valence-corrected chi connectivity index (χ2v) is 14.3. The first-order valence-corrected chi connectivity index (χ1v) is 14.1. The minimum Gasteiger partial charge on any atom is -0.444 e. The van der Waals surface area contributed by atoms with E-state index >= 15 is 0 Å². The summed E-state index contributed by atoms with van der Waals surface area (Å²) in [5, 5.41) is 17.0. The summed E-state index contributed by atoms with van der Waals surface area (Å²) in [7, 11) is 1.50. The van der Waals surface area contributed by atoms with Gasteiger partial charge in [-0.1, -0.05) is 6.07 Å². The zero-order valence-corrected chi connectivity index (χ0v) is 29.7.